The van der Waals surface area contributed by atoms with Crippen molar-refractivity contribution in [1.82, 2.24) is 4.98 Å². The Morgan fingerprint density at radius 2 is 1.79 bits per heavy atom. The molecule has 1 atom stereocenters. The fourth-order valence-corrected chi connectivity index (χ4v) is 2.58. The Morgan fingerprint density at radius 3 is 2.43 bits per heavy atom. The molecule has 1 aromatic heterocycles. The number of pyridine rings is 1. The van der Waals surface area contributed by atoms with Gasteiger partial charge >= 0.3 is 0 Å². The Morgan fingerprint density at radius 1 is 1.04 bits per heavy atom. The maximum Gasteiger partial charge on any atom is 0.274 e. The number of nitrogens with zero attached hydrogens (tertiary/aromatic N) is 1. The molecular formula is C21H19FN4O2. The van der Waals surface area contributed by atoms with E-state index in [-0.39, 0.29) is 23.2 Å². The number of aromatic nitrogens is 1. The lowest BCUT2D eigenvalue weighted by atomic mass is 10.0. The second kappa shape index (κ2) is 8.30. The van der Waals surface area contributed by atoms with E-state index >= 15 is 0 Å². The zero-order valence-electron chi connectivity index (χ0n) is 15.1. The van der Waals surface area contributed by atoms with E-state index in [0.717, 1.165) is 11.6 Å². The Bertz CT molecular complexity index is 991. The van der Waals surface area contributed by atoms with E-state index in [0.29, 0.717) is 11.4 Å². The van der Waals surface area contributed by atoms with Crippen LogP contribution in [0.5, 0.6) is 0 Å². The van der Waals surface area contributed by atoms with Crippen LogP contribution in [-0.4, -0.2) is 16.8 Å². The second-order valence-corrected chi connectivity index (χ2v) is 6.24. The highest BCUT2D eigenvalue weighted by Crippen LogP contribution is 2.20. The number of nitrogens with one attached hydrogen (secondary N) is 2. The van der Waals surface area contributed by atoms with Gasteiger partial charge in [0.15, 0.2) is 0 Å². The summed E-state index contributed by atoms with van der Waals surface area (Å²) in [5.41, 5.74) is 7.61. The van der Waals surface area contributed by atoms with Crippen LogP contribution in [0.3, 0.4) is 0 Å². The molecule has 1 heterocycles. The number of anilines is 3. The van der Waals surface area contributed by atoms with Gasteiger partial charge in [-0.15, -0.1) is 0 Å². The van der Waals surface area contributed by atoms with E-state index < -0.39 is 11.7 Å². The molecular weight excluding hydrogens is 359 g/mol. The molecule has 0 aliphatic carbocycles. The average molecular weight is 378 g/mol. The number of hydrogen-bond donors (Lipinski definition) is 3. The van der Waals surface area contributed by atoms with Crippen molar-refractivity contribution < 1.29 is 14.0 Å². The van der Waals surface area contributed by atoms with Gasteiger partial charge in [0, 0.05) is 0 Å². The smallest absolute Gasteiger partial charge is 0.274 e. The van der Waals surface area contributed by atoms with Crippen molar-refractivity contribution in [3.05, 3.63) is 83.9 Å². The summed E-state index contributed by atoms with van der Waals surface area (Å²) in [6.07, 6.45) is 1.40. The molecule has 3 rings (SSSR count). The van der Waals surface area contributed by atoms with Crippen LogP contribution in [-0.2, 0) is 4.79 Å². The van der Waals surface area contributed by atoms with Crippen LogP contribution in [0.25, 0.3) is 0 Å². The lowest BCUT2D eigenvalue weighted by Crippen LogP contribution is -2.19. The molecule has 0 saturated heterocycles. The van der Waals surface area contributed by atoms with Gasteiger partial charge in [-0.25, -0.2) is 9.37 Å². The SMILES string of the molecule is C[C@@H](C(=O)Nc1ccc(C(=O)Nc2ccc(F)cc2N)nc1)c1ccccc1. The molecule has 0 radical (unpaired) electrons. The maximum absolute atomic E-state index is 13.1. The zero-order valence-corrected chi connectivity index (χ0v) is 15.1. The third-order valence-electron chi connectivity index (χ3n) is 4.22. The first-order chi connectivity index (χ1) is 13.4. The topological polar surface area (TPSA) is 97.1 Å². The molecule has 0 aliphatic heterocycles. The predicted molar refractivity (Wildman–Crippen MR) is 106 cm³/mol. The highest BCUT2D eigenvalue weighted by atomic mass is 19.1. The Labute approximate surface area is 161 Å². The molecule has 142 valence electrons. The standard InChI is InChI=1S/C21H19FN4O2/c1-13(14-5-3-2-4-6-14)20(27)25-16-8-10-19(24-12-16)21(28)26-18-9-7-15(22)11-17(18)23/h2-13H,23H2,1H3,(H,25,27)(H,26,28)/t13-/m1/s1. The van der Waals surface area contributed by atoms with Crippen LogP contribution in [0.2, 0.25) is 0 Å². The van der Waals surface area contributed by atoms with Crippen molar-refractivity contribution >= 4 is 28.9 Å². The van der Waals surface area contributed by atoms with E-state index in [2.05, 4.69) is 15.6 Å². The van der Waals surface area contributed by atoms with Crippen molar-refractivity contribution in [1.29, 1.82) is 0 Å². The van der Waals surface area contributed by atoms with Crippen molar-refractivity contribution in [3.63, 3.8) is 0 Å². The highest BCUT2D eigenvalue weighted by molar-refractivity contribution is 6.04. The minimum absolute atomic E-state index is 0.118. The van der Waals surface area contributed by atoms with E-state index in [1.807, 2.05) is 37.3 Å². The first-order valence-corrected chi connectivity index (χ1v) is 8.62. The van der Waals surface area contributed by atoms with Gasteiger partial charge in [-0.3, -0.25) is 9.59 Å². The fraction of sp³-hybridized carbons (Fsp3) is 0.0952. The first kappa shape index (κ1) is 19.0. The molecule has 0 unspecified atom stereocenters. The van der Waals surface area contributed by atoms with Gasteiger partial charge in [-0.05, 0) is 42.8 Å². The quantitative estimate of drug-likeness (QED) is 0.588. The normalized spacial score (nSPS) is 11.5. The first-order valence-electron chi connectivity index (χ1n) is 8.62. The monoisotopic (exact) mass is 378 g/mol. The molecule has 0 bridgehead atoms. The molecule has 2 aromatic carbocycles. The number of amides is 2. The van der Waals surface area contributed by atoms with Gasteiger partial charge < -0.3 is 16.4 Å². The van der Waals surface area contributed by atoms with Gasteiger partial charge in [0.1, 0.15) is 11.5 Å². The summed E-state index contributed by atoms with van der Waals surface area (Å²) in [4.78, 5) is 28.7. The van der Waals surface area contributed by atoms with Crippen molar-refractivity contribution in [2.45, 2.75) is 12.8 Å². The molecule has 0 saturated carbocycles. The summed E-state index contributed by atoms with van der Waals surface area (Å²) in [7, 11) is 0. The number of halogens is 1. The predicted octanol–water partition coefficient (Wildman–Crippen LogP) is 3.80. The fourth-order valence-electron chi connectivity index (χ4n) is 2.58. The minimum atomic E-state index is -0.492. The third kappa shape index (κ3) is 4.50. The van der Waals surface area contributed by atoms with Crippen molar-refractivity contribution in [2.75, 3.05) is 16.4 Å². The molecule has 2 amide bonds. The molecule has 4 N–H and O–H groups in total. The molecule has 28 heavy (non-hydrogen) atoms. The van der Waals surface area contributed by atoms with E-state index in [1.54, 1.807) is 6.07 Å². The third-order valence-corrected chi connectivity index (χ3v) is 4.22. The lowest BCUT2D eigenvalue weighted by molar-refractivity contribution is -0.117. The number of carbonyl (C=O) groups is 2. The van der Waals surface area contributed by atoms with E-state index in [9.17, 15) is 14.0 Å². The molecule has 0 aliphatic rings. The number of nitrogens with two attached hydrogens (primary N) is 1. The number of carbonyl (C=O) groups excluding carboxylic acids is 2. The zero-order chi connectivity index (χ0) is 20.1. The summed E-state index contributed by atoms with van der Waals surface area (Å²) in [5, 5.41) is 5.35. The van der Waals surface area contributed by atoms with Crippen LogP contribution in [0.15, 0.2) is 66.9 Å². The number of nitrogen functional groups attached to an aromatic ring is 1. The van der Waals surface area contributed by atoms with Crippen LogP contribution in [0.1, 0.15) is 28.9 Å². The van der Waals surface area contributed by atoms with Gasteiger partial charge in [0.2, 0.25) is 5.91 Å². The van der Waals surface area contributed by atoms with Crippen LogP contribution in [0, 0.1) is 5.82 Å². The van der Waals surface area contributed by atoms with Gasteiger partial charge in [0.25, 0.3) is 5.91 Å². The average Bonchev–Trinajstić information content (AvgIpc) is 2.70. The Hall–Kier alpha value is -3.74. The minimum Gasteiger partial charge on any atom is -0.397 e. The highest BCUT2D eigenvalue weighted by Gasteiger charge is 2.16. The molecule has 0 fully saturated rings. The number of benzene rings is 2. The van der Waals surface area contributed by atoms with Gasteiger partial charge in [0.05, 0.1) is 29.2 Å². The van der Waals surface area contributed by atoms with Gasteiger partial charge in [-0.2, -0.15) is 0 Å². The van der Waals surface area contributed by atoms with Crippen LogP contribution in [0.4, 0.5) is 21.5 Å². The Kier molecular flexibility index (Phi) is 5.64. The summed E-state index contributed by atoms with van der Waals surface area (Å²) >= 11 is 0. The Balaban J connectivity index is 1.64. The van der Waals surface area contributed by atoms with Crippen LogP contribution >= 0.6 is 0 Å². The van der Waals surface area contributed by atoms with E-state index in [1.165, 1.54) is 24.4 Å². The molecule has 0 spiro atoms. The molecule has 6 nitrogen and oxygen atoms in total. The maximum atomic E-state index is 13.1. The van der Waals surface area contributed by atoms with Crippen LogP contribution < -0.4 is 16.4 Å². The summed E-state index contributed by atoms with van der Waals surface area (Å²) in [5.74, 6) is -1.48. The van der Waals surface area contributed by atoms with Crippen molar-refractivity contribution in [2.24, 2.45) is 0 Å². The molecule has 7 heteroatoms. The largest absolute Gasteiger partial charge is 0.397 e. The van der Waals surface area contributed by atoms with Crippen molar-refractivity contribution in [3.8, 4) is 0 Å². The second-order valence-electron chi connectivity index (χ2n) is 6.24. The summed E-state index contributed by atoms with van der Waals surface area (Å²) in [6.45, 7) is 1.81. The summed E-state index contributed by atoms with van der Waals surface area (Å²) < 4.78 is 13.1. The molecule has 3 aromatic rings. The lowest BCUT2D eigenvalue weighted by Gasteiger charge is -2.12. The number of rotatable bonds is 5. The summed E-state index contributed by atoms with van der Waals surface area (Å²) in [6, 6.07) is 16.2. The van der Waals surface area contributed by atoms with Gasteiger partial charge in [-0.1, -0.05) is 30.3 Å². The number of hydrogen-bond acceptors (Lipinski definition) is 4. The van der Waals surface area contributed by atoms with E-state index in [4.69, 9.17) is 5.73 Å².